The quantitative estimate of drug-likeness (QED) is 0.338. The molecule has 144 valence electrons. The Hall–Kier alpha value is -2.84. The Bertz CT molecular complexity index is 865. The number of nitrogens with zero attached hydrogens (tertiary/aromatic N) is 1. The molecule has 0 aliphatic carbocycles. The highest BCUT2D eigenvalue weighted by Gasteiger charge is 2.12. The lowest BCUT2D eigenvalue weighted by atomic mass is 9.95. The Labute approximate surface area is 169 Å². The van der Waals surface area contributed by atoms with Crippen LogP contribution in [0.4, 0.5) is 0 Å². The van der Waals surface area contributed by atoms with E-state index >= 15 is 0 Å². The normalized spacial score (nSPS) is 12.8. The average molecular weight is 372 g/mol. The van der Waals surface area contributed by atoms with Gasteiger partial charge in [0, 0.05) is 0 Å². The van der Waals surface area contributed by atoms with Gasteiger partial charge in [0.1, 0.15) is 12.0 Å². The second kappa shape index (κ2) is 9.91. The van der Waals surface area contributed by atoms with Gasteiger partial charge in [-0.25, -0.2) is 0 Å². The smallest absolute Gasteiger partial charge is 0.149 e. The molecule has 0 aliphatic rings. The van der Waals surface area contributed by atoms with Gasteiger partial charge in [-0.3, -0.25) is 4.90 Å². The Morgan fingerprint density at radius 1 is 0.786 bits per heavy atom. The molecule has 0 N–H and O–H groups in total. The molecule has 3 aromatic carbocycles. The molecular weight excluding hydrogens is 342 g/mol. The zero-order valence-corrected chi connectivity index (χ0v) is 17.0. The van der Waals surface area contributed by atoms with Crippen molar-refractivity contribution in [1.82, 2.24) is 4.90 Å². The highest BCUT2D eigenvalue weighted by Crippen LogP contribution is 2.28. The molecule has 0 aliphatic heterocycles. The van der Waals surface area contributed by atoms with E-state index in [2.05, 4.69) is 111 Å². The molecule has 3 rings (SSSR count). The lowest BCUT2D eigenvalue weighted by Gasteiger charge is -2.26. The van der Waals surface area contributed by atoms with Gasteiger partial charge < -0.3 is 4.74 Å². The lowest BCUT2D eigenvalue weighted by Crippen LogP contribution is -2.36. The fourth-order valence-electron chi connectivity index (χ4n) is 3.39. The summed E-state index contributed by atoms with van der Waals surface area (Å²) in [7, 11) is 0. The lowest BCUT2D eigenvalue weighted by molar-refractivity contribution is 0.0481. The Morgan fingerprint density at radius 2 is 1.32 bits per heavy atom. The summed E-state index contributed by atoms with van der Waals surface area (Å²) in [6, 6.07) is 29.4. The highest BCUT2D eigenvalue weighted by atomic mass is 16.5. The van der Waals surface area contributed by atoms with Gasteiger partial charge in [-0.15, -0.1) is 0 Å². The van der Waals surface area contributed by atoms with Crippen molar-refractivity contribution >= 4 is 11.6 Å². The maximum atomic E-state index is 6.12. The van der Waals surface area contributed by atoms with Crippen LogP contribution in [0.5, 0.6) is 5.75 Å². The molecule has 0 saturated carbocycles. The van der Waals surface area contributed by atoms with Crippen LogP contribution in [0.2, 0.25) is 0 Å². The van der Waals surface area contributed by atoms with Gasteiger partial charge in [0.15, 0.2) is 0 Å². The van der Waals surface area contributed by atoms with Gasteiger partial charge in [-0.1, -0.05) is 86.6 Å². The van der Waals surface area contributed by atoms with Crippen molar-refractivity contribution in [3.8, 4) is 5.75 Å². The van der Waals surface area contributed by atoms with Crippen LogP contribution in [-0.4, -0.2) is 24.2 Å². The van der Waals surface area contributed by atoms with Crippen LogP contribution in [0.1, 0.15) is 37.5 Å². The summed E-state index contributed by atoms with van der Waals surface area (Å²) in [4.78, 5) is 2.29. The fraction of sp³-hybridized carbons (Fsp3) is 0.231. The molecule has 2 nitrogen and oxygen atoms in total. The third-order valence-corrected chi connectivity index (χ3v) is 4.99. The minimum absolute atomic E-state index is 0.0642. The van der Waals surface area contributed by atoms with E-state index in [1.807, 2.05) is 6.07 Å². The van der Waals surface area contributed by atoms with Crippen molar-refractivity contribution in [3.05, 3.63) is 102 Å². The standard InChI is InChI=1S/C26H29NO/c1-4-27(5-2)21(3)28-25-18-16-24(17-19-25)26(23-14-10-7-11-15-23)20-22-12-8-6-9-13-22/h6-21H,4-5H2,1-3H3. The summed E-state index contributed by atoms with van der Waals surface area (Å²) in [6.45, 7) is 8.38. The molecule has 1 unspecified atom stereocenters. The second-order valence-corrected chi connectivity index (χ2v) is 6.80. The van der Waals surface area contributed by atoms with Crippen molar-refractivity contribution in [3.63, 3.8) is 0 Å². The molecule has 0 amide bonds. The number of benzene rings is 3. The summed E-state index contributed by atoms with van der Waals surface area (Å²) in [5.74, 6) is 0.898. The summed E-state index contributed by atoms with van der Waals surface area (Å²) >= 11 is 0. The molecule has 0 heterocycles. The molecule has 0 aromatic heterocycles. The van der Waals surface area contributed by atoms with E-state index in [1.54, 1.807) is 0 Å². The Balaban J connectivity index is 1.88. The monoisotopic (exact) mass is 371 g/mol. The largest absolute Gasteiger partial charge is 0.475 e. The predicted molar refractivity (Wildman–Crippen MR) is 119 cm³/mol. The minimum Gasteiger partial charge on any atom is -0.475 e. The van der Waals surface area contributed by atoms with Crippen LogP contribution >= 0.6 is 0 Å². The third-order valence-electron chi connectivity index (χ3n) is 4.99. The maximum Gasteiger partial charge on any atom is 0.149 e. The summed E-state index contributed by atoms with van der Waals surface area (Å²) in [5, 5.41) is 0. The van der Waals surface area contributed by atoms with Crippen LogP contribution < -0.4 is 4.74 Å². The molecule has 0 radical (unpaired) electrons. The van der Waals surface area contributed by atoms with Crippen molar-refractivity contribution < 1.29 is 4.74 Å². The number of rotatable bonds is 8. The zero-order chi connectivity index (χ0) is 19.8. The van der Waals surface area contributed by atoms with E-state index in [0.717, 1.165) is 18.8 Å². The molecule has 3 aromatic rings. The minimum atomic E-state index is 0.0642. The maximum absolute atomic E-state index is 6.12. The number of hydrogen-bond donors (Lipinski definition) is 0. The fourth-order valence-corrected chi connectivity index (χ4v) is 3.39. The summed E-state index contributed by atoms with van der Waals surface area (Å²) < 4.78 is 6.12. The van der Waals surface area contributed by atoms with E-state index in [0.29, 0.717) is 0 Å². The Kier molecular flexibility index (Phi) is 7.05. The topological polar surface area (TPSA) is 12.5 Å². The zero-order valence-electron chi connectivity index (χ0n) is 17.0. The molecule has 0 fully saturated rings. The first-order valence-electron chi connectivity index (χ1n) is 10.0. The van der Waals surface area contributed by atoms with E-state index in [-0.39, 0.29) is 6.23 Å². The first-order chi connectivity index (χ1) is 13.7. The molecule has 2 heteroatoms. The van der Waals surface area contributed by atoms with Gasteiger partial charge in [-0.2, -0.15) is 0 Å². The van der Waals surface area contributed by atoms with Gasteiger partial charge >= 0.3 is 0 Å². The van der Waals surface area contributed by atoms with Gasteiger partial charge in [0.25, 0.3) is 0 Å². The second-order valence-electron chi connectivity index (χ2n) is 6.80. The van der Waals surface area contributed by atoms with Crippen molar-refractivity contribution in [2.24, 2.45) is 0 Å². The van der Waals surface area contributed by atoms with E-state index in [1.165, 1.54) is 22.3 Å². The summed E-state index contributed by atoms with van der Waals surface area (Å²) in [6.07, 6.45) is 2.30. The van der Waals surface area contributed by atoms with E-state index in [9.17, 15) is 0 Å². The van der Waals surface area contributed by atoms with Crippen molar-refractivity contribution in [1.29, 1.82) is 0 Å². The molecule has 0 saturated heterocycles. The van der Waals surface area contributed by atoms with Gasteiger partial charge in [0.05, 0.1) is 0 Å². The Morgan fingerprint density at radius 3 is 1.89 bits per heavy atom. The molecule has 1 atom stereocenters. The molecule has 0 spiro atoms. The van der Waals surface area contributed by atoms with Crippen molar-refractivity contribution in [2.75, 3.05) is 13.1 Å². The van der Waals surface area contributed by atoms with Crippen LogP contribution in [0.25, 0.3) is 11.6 Å². The molecule has 28 heavy (non-hydrogen) atoms. The summed E-state index contributed by atoms with van der Waals surface area (Å²) in [5.41, 5.74) is 4.78. The van der Waals surface area contributed by atoms with Crippen LogP contribution in [0.15, 0.2) is 84.9 Å². The number of hydrogen-bond acceptors (Lipinski definition) is 2. The molecule has 0 bridgehead atoms. The number of ether oxygens (including phenoxy) is 1. The van der Waals surface area contributed by atoms with Crippen LogP contribution in [0, 0.1) is 0 Å². The van der Waals surface area contributed by atoms with E-state index < -0.39 is 0 Å². The predicted octanol–water partition coefficient (Wildman–Crippen LogP) is 6.34. The van der Waals surface area contributed by atoms with Crippen molar-refractivity contribution in [2.45, 2.75) is 27.0 Å². The van der Waals surface area contributed by atoms with Gasteiger partial charge in [0.2, 0.25) is 0 Å². The molecular formula is C26H29NO. The first-order valence-corrected chi connectivity index (χ1v) is 10.0. The average Bonchev–Trinajstić information content (AvgIpc) is 2.75. The first kappa shape index (κ1) is 19.9. The van der Waals surface area contributed by atoms with Crippen LogP contribution in [0.3, 0.4) is 0 Å². The highest BCUT2D eigenvalue weighted by molar-refractivity contribution is 5.91. The third kappa shape index (κ3) is 5.11. The van der Waals surface area contributed by atoms with Gasteiger partial charge in [-0.05, 0) is 60.5 Å². The SMILES string of the molecule is CCN(CC)C(C)Oc1ccc(C(=Cc2ccccc2)c2ccccc2)cc1. The van der Waals surface area contributed by atoms with E-state index in [4.69, 9.17) is 4.74 Å². The van der Waals surface area contributed by atoms with Crippen LogP contribution in [-0.2, 0) is 0 Å².